The molecule has 162 valence electrons. The highest BCUT2D eigenvalue weighted by atomic mass is 16.5. The van der Waals surface area contributed by atoms with Crippen molar-refractivity contribution in [1.29, 1.82) is 0 Å². The zero-order valence-electron chi connectivity index (χ0n) is 18.3. The van der Waals surface area contributed by atoms with Crippen LogP contribution in [0.1, 0.15) is 28.6 Å². The first-order valence-electron chi connectivity index (χ1n) is 9.89. The number of amides is 1. The predicted octanol–water partition coefficient (Wildman–Crippen LogP) is 5.05. The summed E-state index contributed by atoms with van der Waals surface area (Å²) in [4.78, 5) is 15.2. The fraction of sp³-hybridized carbons (Fsp3) is 0.240. The molecule has 2 aromatic carbocycles. The van der Waals surface area contributed by atoms with Crippen LogP contribution in [0.4, 0.5) is 0 Å². The Labute approximate surface area is 182 Å². The van der Waals surface area contributed by atoms with Crippen LogP contribution in [0.15, 0.2) is 70.9 Å². The van der Waals surface area contributed by atoms with E-state index in [0.29, 0.717) is 41.7 Å². The van der Waals surface area contributed by atoms with E-state index in [1.807, 2.05) is 49.4 Å². The van der Waals surface area contributed by atoms with E-state index >= 15 is 0 Å². The molecule has 0 radical (unpaired) electrons. The molecule has 0 saturated carbocycles. The second-order valence-corrected chi connectivity index (χ2v) is 7.06. The number of furan rings is 1. The maximum atomic E-state index is 13.5. The third kappa shape index (κ3) is 5.48. The maximum Gasteiger partial charge on any atom is 0.254 e. The maximum absolute atomic E-state index is 13.5. The number of methoxy groups -OCH3 is 3. The lowest BCUT2D eigenvalue weighted by Crippen LogP contribution is -2.32. The Balaban J connectivity index is 1.93. The van der Waals surface area contributed by atoms with Crippen LogP contribution in [0, 0.1) is 0 Å². The van der Waals surface area contributed by atoms with Crippen LogP contribution in [-0.2, 0) is 6.54 Å². The van der Waals surface area contributed by atoms with E-state index in [2.05, 4.69) is 6.08 Å². The highest BCUT2D eigenvalue weighted by Crippen LogP contribution is 2.38. The highest BCUT2D eigenvalue weighted by molar-refractivity contribution is 5.96. The number of hydrogen-bond donors (Lipinski definition) is 0. The van der Waals surface area contributed by atoms with Gasteiger partial charge in [-0.15, -0.1) is 0 Å². The molecule has 1 amide bonds. The van der Waals surface area contributed by atoms with Gasteiger partial charge in [0, 0.05) is 12.1 Å². The van der Waals surface area contributed by atoms with E-state index in [0.717, 1.165) is 11.1 Å². The van der Waals surface area contributed by atoms with Crippen molar-refractivity contribution in [3.05, 3.63) is 83.3 Å². The molecule has 0 aliphatic carbocycles. The molecule has 0 aliphatic heterocycles. The predicted molar refractivity (Wildman–Crippen MR) is 120 cm³/mol. The van der Waals surface area contributed by atoms with Gasteiger partial charge in [-0.25, -0.2) is 0 Å². The Morgan fingerprint density at radius 1 is 0.968 bits per heavy atom. The van der Waals surface area contributed by atoms with Crippen molar-refractivity contribution in [1.82, 2.24) is 4.90 Å². The molecule has 0 aliphatic rings. The number of benzene rings is 2. The van der Waals surface area contributed by atoms with Crippen LogP contribution in [0.25, 0.3) is 6.08 Å². The molecule has 6 heteroatoms. The summed E-state index contributed by atoms with van der Waals surface area (Å²) in [5.41, 5.74) is 2.56. The molecule has 0 spiro atoms. The number of ether oxygens (including phenoxy) is 3. The summed E-state index contributed by atoms with van der Waals surface area (Å²) in [6.07, 6.45) is 3.67. The average molecular weight is 421 g/mol. The third-order valence-electron chi connectivity index (χ3n) is 4.78. The van der Waals surface area contributed by atoms with Gasteiger partial charge >= 0.3 is 0 Å². The number of hydrogen-bond acceptors (Lipinski definition) is 5. The van der Waals surface area contributed by atoms with E-state index in [-0.39, 0.29) is 5.91 Å². The molecule has 1 heterocycles. The molecule has 6 nitrogen and oxygen atoms in total. The van der Waals surface area contributed by atoms with Crippen molar-refractivity contribution in [3.63, 3.8) is 0 Å². The molecule has 3 rings (SSSR count). The van der Waals surface area contributed by atoms with Gasteiger partial charge in [0.05, 0.1) is 34.1 Å². The first kappa shape index (κ1) is 22.0. The minimum absolute atomic E-state index is 0.170. The average Bonchev–Trinajstić information content (AvgIpc) is 3.30. The quantitative estimate of drug-likeness (QED) is 0.484. The first-order chi connectivity index (χ1) is 15.0. The molecule has 0 saturated heterocycles. The molecular weight excluding hydrogens is 394 g/mol. The highest BCUT2D eigenvalue weighted by Gasteiger charge is 2.22. The van der Waals surface area contributed by atoms with Crippen LogP contribution in [0.5, 0.6) is 17.2 Å². The zero-order valence-corrected chi connectivity index (χ0v) is 18.3. The minimum Gasteiger partial charge on any atom is -0.493 e. The van der Waals surface area contributed by atoms with Gasteiger partial charge in [0.2, 0.25) is 5.75 Å². The van der Waals surface area contributed by atoms with Crippen molar-refractivity contribution >= 4 is 12.0 Å². The SMILES string of the molecule is COc1cc(C(=O)N(C/C(C)=C/c2ccccc2)Cc2ccco2)cc(OC)c1OC. The van der Waals surface area contributed by atoms with Crippen LogP contribution < -0.4 is 14.2 Å². The summed E-state index contributed by atoms with van der Waals surface area (Å²) in [7, 11) is 4.58. The van der Waals surface area contributed by atoms with Gasteiger partial charge in [0.15, 0.2) is 11.5 Å². The van der Waals surface area contributed by atoms with Crippen molar-refractivity contribution in [2.75, 3.05) is 27.9 Å². The third-order valence-corrected chi connectivity index (χ3v) is 4.78. The first-order valence-corrected chi connectivity index (χ1v) is 9.89. The van der Waals surface area contributed by atoms with Crippen LogP contribution in [-0.4, -0.2) is 38.7 Å². The van der Waals surface area contributed by atoms with Gasteiger partial charge in [0.1, 0.15) is 5.76 Å². The van der Waals surface area contributed by atoms with Gasteiger partial charge in [-0.05, 0) is 36.8 Å². The summed E-state index contributed by atoms with van der Waals surface area (Å²) in [6, 6.07) is 17.0. The Kier molecular flexibility index (Phi) is 7.38. The van der Waals surface area contributed by atoms with Gasteiger partial charge in [0.25, 0.3) is 5.91 Å². The van der Waals surface area contributed by atoms with Crippen molar-refractivity contribution in [2.45, 2.75) is 13.5 Å². The molecule has 3 aromatic rings. The van der Waals surface area contributed by atoms with Crippen LogP contribution in [0.3, 0.4) is 0 Å². The standard InChI is InChI=1S/C25H27NO5/c1-18(13-19-9-6-5-7-10-19)16-26(17-21-11-8-12-31-21)25(27)20-14-22(28-2)24(30-4)23(15-20)29-3/h5-15H,16-17H2,1-4H3/b18-13+. The summed E-state index contributed by atoms with van der Waals surface area (Å²) < 4.78 is 21.7. The smallest absolute Gasteiger partial charge is 0.254 e. The van der Waals surface area contributed by atoms with Gasteiger partial charge in [-0.2, -0.15) is 0 Å². The Hall–Kier alpha value is -3.67. The molecule has 0 atom stereocenters. The number of carbonyl (C=O) groups is 1. The number of rotatable bonds is 9. The fourth-order valence-corrected chi connectivity index (χ4v) is 3.36. The van der Waals surface area contributed by atoms with Crippen molar-refractivity contribution in [2.24, 2.45) is 0 Å². The Morgan fingerprint density at radius 3 is 2.19 bits per heavy atom. The zero-order chi connectivity index (χ0) is 22.2. The molecule has 0 fully saturated rings. The second-order valence-electron chi connectivity index (χ2n) is 7.06. The molecule has 0 N–H and O–H groups in total. The van der Waals surface area contributed by atoms with E-state index in [9.17, 15) is 4.79 Å². The van der Waals surface area contributed by atoms with E-state index < -0.39 is 0 Å². The number of nitrogens with zero attached hydrogens (tertiary/aromatic N) is 1. The van der Waals surface area contributed by atoms with Crippen molar-refractivity contribution < 1.29 is 23.4 Å². The molecule has 0 unspecified atom stereocenters. The largest absolute Gasteiger partial charge is 0.493 e. The number of carbonyl (C=O) groups excluding carboxylic acids is 1. The van der Waals surface area contributed by atoms with Crippen LogP contribution in [0.2, 0.25) is 0 Å². The summed E-state index contributed by atoms with van der Waals surface area (Å²) in [5, 5.41) is 0. The fourth-order valence-electron chi connectivity index (χ4n) is 3.36. The van der Waals surface area contributed by atoms with Gasteiger partial charge in [-0.3, -0.25) is 4.79 Å². The minimum atomic E-state index is -0.170. The van der Waals surface area contributed by atoms with Crippen LogP contribution >= 0.6 is 0 Å². The topological polar surface area (TPSA) is 61.1 Å². The summed E-state index contributed by atoms with van der Waals surface area (Å²) in [5.74, 6) is 1.84. The van der Waals surface area contributed by atoms with Crippen molar-refractivity contribution in [3.8, 4) is 17.2 Å². The van der Waals surface area contributed by atoms with E-state index in [4.69, 9.17) is 18.6 Å². The molecule has 1 aromatic heterocycles. The lowest BCUT2D eigenvalue weighted by atomic mass is 10.1. The normalized spacial score (nSPS) is 11.2. The van der Waals surface area contributed by atoms with E-state index in [1.54, 1.807) is 23.3 Å². The lowest BCUT2D eigenvalue weighted by Gasteiger charge is -2.23. The summed E-state index contributed by atoms with van der Waals surface area (Å²) >= 11 is 0. The van der Waals surface area contributed by atoms with E-state index in [1.165, 1.54) is 21.3 Å². The van der Waals surface area contributed by atoms with Gasteiger partial charge in [-0.1, -0.05) is 42.0 Å². The molecular formula is C25H27NO5. The Bertz CT molecular complexity index is 1000. The summed E-state index contributed by atoms with van der Waals surface area (Å²) in [6.45, 7) is 2.78. The Morgan fingerprint density at radius 2 is 1.65 bits per heavy atom. The second kappa shape index (κ2) is 10.4. The molecule has 31 heavy (non-hydrogen) atoms. The monoisotopic (exact) mass is 421 g/mol. The lowest BCUT2D eigenvalue weighted by molar-refractivity contribution is 0.0747. The molecule has 0 bridgehead atoms. The van der Waals surface area contributed by atoms with Gasteiger partial charge < -0.3 is 23.5 Å².